The first-order valence-electron chi connectivity index (χ1n) is 11.4. The van der Waals surface area contributed by atoms with Gasteiger partial charge < -0.3 is 21.1 Å². The quantitative estimate of drug-likeness (QED) is 0.417. The number of piperidine rings is 1. The minimum atomic E-state index is -0.274. The fraction of sp³-hybridized carbons (Fsp3) is 0.583. The molecular formula is C24H36N5O+. The Morgan fingerprint density at radius 3 is 2.63 bits per heavy atom. The summed E-state index contributed by atoms with van der Waals surface area (Å²) in [6, 6.07) is 8.94. The van der Waals surface area contributed by atoms with E-state index in [0.717, 1.165) is 67.6 Å². The van der Waals surface area contributed by atoms with E-state index in [0.29, 0.717) is 17.9 Å². The summed E-state index contributed by atoms with van der Waals surface area (Å²) in [5, 5.41) is 13.4. The first-order chi connectivity index (χ1) is 14.4. The number of aliphatic imine (C=N–C) groups is 1. The number of nitrogens with two attached hydrogens (primary N) is 1. The molecule has 5 N–H and O–H groups in total. The van der Waals surface area contributed by atoms with Crippen molar-refractivity contribution < 1.29 is 5.11 Å². The fourth-order valence-corrected chi connectivity index (χ4v) is 4.16. The first kappa shape index (κ1) is 21.1. The molecule has 2 aromatic rings. The highest BCUT2D eigenvalue weighted by Gasteiger charge is 2.31. The van der Waals surface area contributed by atoms with Crippen molar-refractivity contribution in [2.24, 2.45) is 22.6 Å². The molecule has 6 heteroatoms. The smallest absolute Gasteiger partial charge is 0.365 e. The van der Waals surface area contributed by atoms with Gasteiger partial charge in [-0.15, -0.1) is 0 Å². The molecule has 30 heavy (non-hydrogen) atoms. The first-order valence-corrected chi connectivity index (χ1v) is 11.4. The van der Waals surface area contributed by atoms with Crippen LogP contribution in [0.25, 0.3) is 10.9 Å². The predicted molar refractivity (Wildman–Crippen MR) is 125 cm³/mol. The maximum Gasteiger partial charge on any atom is 0.365 e. The average molecular weight is 411 g/mol. The number of aryl methyl sites for hydroxylation is 1. The second kappa shape index (κ2) is 8.90. The molecule has 0 spiro atoms. The van der Waals surface area contributed by atoms with E-state index in [4.69, 9.17) is 15.8 Å². The van der Waals surface area contributed by atoms with Crippen LogP contribution in [-0.2, 0) is 0 Å². The van der Waals surface area contributed by atoms with Gasteiger partial charge in [0.15, 0.2) is 0 Å². The second-order valence-electron chi connectivity index (χ2n) is 9.42. The van der Waals surface area contributed by atoms with Crippen molar-refractivity contribution >= 4 is 22.6 Å². The molecule has 2 aliphatic rings. The molecule has 0 amide bonds. The van der Waals surface area contributed by atoms with E-state index in [-0.39, 0.29) is 12.1 Å². The third-order valence-corrected chi connectivity index (χ3v) is 6.20. The molecular weight excluding hydrogens is 374 g/mol. The van der Waals surface area contributed by atoms with E-state index in [1.165, 1.54) is 5.56 Å². The Labute approximate surface area is 179 Å². The van der Waals surface area contributed by atoms with Crippen molar-refractivity contribution in [3.63, 3.8) is 0 Å². The standard InChI is InChI=1S/C24H35N5O/c1-15(2)14-26-19-8-10-29(11-9-19)23-20(24(30)28-22(25)17-5-6-17)13-18-12-16(3)4-7-21(18)27-23/h4,7,12-13,15,17,19,22,26H,5-6,8-11,14,25H2,1-3H3,(H,28,30)/p+1. The molecule has 1 aromatic heterocycles. The van der Waals surface area contributed by atoms with E-state index in [1.54, 1.807) is 0 Å². The average Bonchev–Trinajstić information content (AvgIpc) is 3.57. The summed E-state index contributed by atoms with van der Waals surface area (Å²) in [4.78, 5) is 11.9. The minimum Gasteiger partial charge on any atom is -0.578 e. The lowest BCUT2D eigenvalue weighted by molar-refractivity contribution is 0.391. The van der Waals surface area contributed by atoms with Gasteiger partial charge in [0.2, 0.25) is 0 Å². The zero-order chi connectivity index (χ0) is 21.3. The molecule has 1 aliphatic heterocycles. The number of hydrogen-bond acceptors (Lipinski definition) is 5. The number of fused-ring (bicyclic) bond motifs is 1. The number of pyridine rings is 1. The summed E-state index contributed by atoms with van der Waals surface area (Å²) in [7, 11) is 0. The van der Waals surface area contributed by atoms with E-state index in [1.807, 2.05) is 0 Å². The highest BCUT2D eigenvalue weighted by Crippen LogP contribution is 2.33. The summed E-state index contributed by atoms with van der Waals surface area (Å²) in [6.45, 7) is 9.52. The van der Waals surface area contributed by atoms with Crippen molar-refractivity contribution in [1.29, 1.82) is 0 Å². The lowest BCUT2D eigenvalue weighted by Gasteiger charge is -2.34. The molecule has 0 radical (unpaired) electrons. The van der Waals surface area contributed by atoms with Crippen molar-refractivity contribution in [2.75, 3.05) is 24.5 Å². The zero-order valence-corrected chi connectivity index (χ0v) is 18.5. The fourth-order valence-electron chi connectivity index (χ4n) is 4.16. The Bertz CT molecular complexity index is 913. The molecule has 1 saturated carbocycles. The Balaban J connectivity index is 1.61. The molecule has 0 bridgehead atoms. The van der Waals surface area contributed by atoms with Crippen molar-refractivity contribution in [1.82, 2.24) is 10.3 Å². The monoisotopic (exact) mass is 410 g/mol. The number of nitrogens with one attached hydrogen (secondary N) is 1. The number of aromatic nitrogens is 1. The topological polar surface area (TPSA) is 89.4 Å². The Hall–Kier alpha value is -2.18. The van der Waals surface area contributed by atoms with Gasteiger partial charge in [0.05, 0.1) is 5.52 Å². The van der Waals surface area contributed by atoms with Gasteiger partial charge in [-0.05, 0) is 69.2 Å². The third kappa shape index (κ3) is 4.93. The zero-order valence-electron chi connectivity index (χ0n) is 18.5. The summed E-state index contributed by atoms with van der Waals surface area (Å²) < 4.78 is 0. The SMILES string of the molecule is Cc1ccc2nc(N3CCC(NCC(C)C)CC3)c(C([OH2+])=NC(N)C3CC3)cc2c1. The Kier molecular flexibility index (Phi) is 6.25. The molecule has 6 nitrogen and oxygen atoms in total. The lowest BCUT2D eigenvalue weighted by atomic mass is 10.0. The van der Waals surface area contributed by atoms with Crippen LogP contribution in [0.1, 0.15) is 50.7 Å². The van der Waals surface area contributed by atoms with Crippen molar-refractivity contribution in [3.8, 4) is 0 Å². The van der Waals surface area contributed by atoms with Gasteiger partial charge in [-0.25, -0.2) is 4.98 Å². The molecule has 4 rings (SSSR count). The Morgan fingerprint density at radius 1 is 1.23 bits per heavy atom. The molecule has 2 heterocycles. The van der Waals surface area contributed by atoms with Gasteiger partial charge in [0, 0.05) is 24.5 Å². The summed E-state index contributed by atoms with van der Waals surface area (Å²) in [5.41, 5.74) is 9.18. The molecule has 1 unspecified atom stereocenters. The van der Waals surface area contributed by atoms with Crippen LogP contribution in [0.2, 0.25) is 0 Å². The van der Waals surface area contributed by atoms with Crippen LogP contribution in [0.5, 0.6) is 0 Å². The largest absolute Gasteiger partial charge is 0.578 e. The predicted octanol–water partition coefficient (Wildman–Crippen LogP) is 2.92. The summed E-state index contributed by atoms with van der Waals surface area (Å²) >= 11 is 0. The number of hydrogen-bond donors (Lipinski definition) is 2. The second-order valence-corrected chi connectivity index (χ2v) is 9.42. The maximum atomic E-state index is 8.70. The van der Waals surface area contributed by atoms with Gasteiger partial charge in [0.1, 0.15) is 17.5 Å². The third-order valence-electron chi connectivity index (χ3n) is 6.20. The lowest BCUT2D eigenvalue weighted by Crippen LogP contribution is -2.44. The van der Waals surface area contributed by atoms with Gasteiger partial charge >= 0.3 is 5.90 Å². The van der Waals surface area contributed by atoms with Gasteiger partial charge in [-0.2, -0.15) is 4.99 Å². The Morgan fingerprint density at radius 2 is 1.97 bits per heavy atom. The van der Waals surface area contributed by atoms with Crippen LogP contribution in [0.3, 0.4) is 0 Å². The number of rotatable bonds is 7. The minimum absolute atomic E-state index is 0.264. The molecule has 1 aliphatic carbocycles. The van der Waals surface area contributed by atoms with Crippen molar-refractivity contribution in [2.45, 2.75) is 58.7 Å². The van der Waals surface area contributed by atoms with E-state index >= 15 is 0 Å². The van der Waals surface area contributed by atoms with Crippen LogP contribution >= 0.6 is 0 Å². The van der Waals surface area contributed by atoms with E-state index < -0.39 is 0 Å². The van der Waals surface area contributed by atoms with E-state index in [9.17, 15) is 0 Å². The van der Waals surface area contributed by atoms with Crippen molar-refractivity contribution in [3.05, 3.63) is 35.4 Å². The molecule has 1 aromatic carbocycles. The van der Waals surface area contributed by atoms with E-state index in [2.05, 4.69) is 60.2 Å². The molecule has 162 valence electrons. The summed E-state index contributed by atoms with van der Waals surface area (Å²) in [6.07, 6.45) is 4.15. The highest BCUT2D eigenvalue weighted by atomic mass is 16.3. The summed E-state index contributed by atoms with van der Waals surface area (Å²) in [5.74, 6) is 2.25. The van der Waals surface area contributed by atoms with Crippen LogP contribution in [0.4, 0.5) is 5.82 Å². The number of benzene rings is 1. The highest BCUT2D eigenvalue weighted by molar-refractivity contribution is 6.01. The van der Waals surface area contributed by atoms with Gasteiger partial charge in [0.25, 0.3) is 0 Å². The number of nitrogens with zero attached hydrogens (tertiary/aromatic N) is 3. The van der Waals surface area contributed by atoms with Gasteiger partial charge in [-0.3, -0.25) is 0 Å². The number of anilines is 1. The molecule has 1 atom stereocenters. The van der Waals surface area contributed by atoms with Crippen LogP contribution in [0.15, 0.2) is 29.3 Å². The van der Waals surface area contributed by atoms with Crippen LogP contribution in [0, 0.1) is 18.8 Å². The van der Waals surface area contributed by atoms with Gasteiger partial charge in [-0.1, -0.05) is 25.5 Å². The molecule has 1 saturated heterocycles. The van der Waals surface area contributed by atoms with Crippen LogP contribution < -0.4 is 16.0 Å². The van der Waals surface area contributed by atoms with Crippen LogP contribution in [-0.4, -0.2) is 47.8 Å². The maximum absolute atomic E-state index is 8.70. The normalized spacial score (nSPS) is 19.6. The molecule has 2 fully saturated rings.